The predicted octanol–water partition coefficient (Wildman–Crippen LogP) is 0.938. The fourth-order valence-electron chi connectivity index (χ4n) is 1.13. The molecule has 90 valence electrons. The maximum absolute atomic E-state index is 10.8. The first-order valence-electron chi connectivity index (χ1n) is 4.76. The average molecular weight is 236 g/mol. The number of aromatic carboxylic acids is 1. The van der Waals surface area contributed by atoms with Crippen LogP contribution in [0.4, 0.5) is 5.82 Å². The first-order chi connectivity index (χ1) is 8.04. The molecule has 3 N–H and O–H groups in total. The van der Waals surface area contributed by atoms with Crippen molar-refractivity contribution in [1.29, 1.82) is 0 Å². The Morgan fingerprint density at radius 1 is 1.59 bits per heavy atom. The van der Waals surface area contributed by atoms with Crippen LogP contribution in [0.25, 0.3) is 6.08 Å². The second kappa shape index (κ2) is 5.64. The normalized spacial score (nSPS) is 10.4. The number of methoxy groups -OCH3 is 1. The van der Waals surface area contributed by atoms with Crippen LogP contribution < -0.4 is 5.73 Å². The highest BCUT2D eigenvalue weighted by atomic mass is 16.5. The number of nitrogens with two attached hydrogens (primary N) is 1. The fraction of sp³-hybridized carbons (Fsp3) is 0.182. The van der Waals surface area contributed by atoms with Crippen LogP contribution in [0.15, 0.2) is 18.3 Å². The van der Waals surface area contributed by atoms with Crippen LogP contribution in [0.2, 0.25) is 0 Å². The first-order valence-corrected chi connectivity index (χ1v) is 4.76. The highest BCUT2D eigenvalue weighted by Crippen LogP contribution is 2.12. The maximum Gasteiger partial charge on any atom is 0.339 e. The lowest BCUT2D eigenvalue weighted by molar-refractivity contribution is -0.139. The quantitative estimate of drug-likeness (QED) is 0.754. The minimum atomic E-state index is -1.14. The van der Waals surface area contributed by atoms with E-state index < -0.39 is 5.97 Å². The fourth-order valence-corrected chi connectivity index (χ4v) is 1.13. The van der Waals surface area contributed by atoms with Gasteiger partial charge in [0, 0.05) is 6.20 Å². The van der Waals surface area contributed by atoms with Crippen LogP contribution in [0.5, 0.6) is 0 Å². The highest BCUT2D eigenvalue weighted by molar-refractivity contribution is 5.93. The molecule has 0 fully saturated rings. The summed E-state index contributed by atoms with van der Waals surface area (Å²) in [5.41, 5.74) is 5.89. The Hall–Kier alpha value is -2.37. The number of carboxylic acid groups (broad SMARTS) is 1. The van der Waals surface area contributed by atoms with Gasteiger partial charge in [-0.2, -0.15) is 0 Å². The van der Waals surface area contributed by atoms with Crippen molar-refractivity contribution in [2.45, 2.75) is 6.42 Å². The summed E-state index contributed by atoms with van der Waals surface area (Å²) in [5, 5.41) is 8.82. The van der Waals surface area contributed by atoms with Gasteiger partial charge in [0.05, 0.1) is 13.5 Å². The largest absolute Gasteiger partial charge is 0.478 e. The van der Waals surface area contributed by atoms with E-state index in [0.717, 1.165) is 0 Å². The lowest BCUT2D eigenvalue weighted by Crippen LogP contribution is -2.04. The number of esters is 1. The van der Waals surface area contributed by atoms with Crippen molar-refractivity contribution in [2.75, 3.05) is 12.8 Å². The maximum atomic E-state index is 10.8. The number of nitrogen functional groups attached to an aromatic ring is 1. The second-order valence-electron chi connectivity index (χ2n) is 3.19. The van der Waals surface area contributed by atoms with Crippen LogP contribution >= 0.6 is 0 Å². The topological polar surface area (TPSA) is 103 Å². The molecule has 1 heterocycles. The van der Waals surface area contributed by atoms with Gasteiger partial charge >= 0.3 is 11.9 Å². The van der Waals surface area contributed by atoms with Gasteiger partial charge in [-0.05, 0) is 11.6 Å². The summed E-state index contributed by atoms with van der Waals surface area (Å²) in [5.74, 6) is -1.55. The minimum absolute atomic E-state index is 0.0392. The van der Waals surface area contributed by atoms with E-state index in [4.69, 9.17) is 10.8 Å². The van der Waals surface area contributed by atoms with E-state index in [1.807, 2.05) is 0 Å². The van der Waals surface area contributed by atoms with Crippen molar-refractivity contribution in [3.63, 3.8) is 0 Å². The zero-order valence-corrected chi connectivity index (χ0v) is 9.21. The molecule has 1 rings (SSSR count). The van der Waals surface area contributed by atoms with Gasteiger partial charge in [-0.1, -0.05) is 12.2 Å². The molecule has 0 aliphatic rings. The Balaban J connectivity index is 2.82. The van der Waals surface area contributed by atoms with Crippen molar-refractivity contribution in [1.82, 2.24) is 4.98 Å². The lowest BCUT2D eigenvalue weighted by atomic mass is 10.1. The molecule has 0 unspecified atom stereocenters. The molecule has 1 aromatic heterocycles. The average Bonchev–Trinajstić information content (AvgIpc) is 2.30. The Kier molecular flexibility index (Phi) is 4.21. The molecule has 0 aliphatic heterocycles. The van der Waals surface area contributed by atoms with E-state index in [2.05, 4.69) is 9.72 Å². The van der Waals surface area contributed by atoms with Crippen LogP contribution in [-0.2, 0) is 9.53 Å². The third kappa shape index (κ3) is 3.60. The number of aromatic nitrogens is 1. The van der Waals surface area contributed by atoms with E-state index in [1.54, 1.807) is 12.2 Å². The molecule has 1 aromatic rings. The first kappa shape index (κ1) is 12.7. The van der Waals surface area contributed by atoms with Crippen molar-refractivity contribution in [3.8, 4) is 0 Å². The van der Waals surface area contributed by atoms with E-state index in [9.17, 15) is 9.59 Å². The number of hydrogen-bond acceptors (Lipinski definition) is 5. The highest BCUT2D eigenvalue weighted by Gasteiger charge is 2.08. The molecule has 0 radical (unpaired) electrons. The van der Waals surface area contributed by atoms with Crippen LogP contribution in [-0.4, -0.2) is 29.1 Å². The summed E-state index contributed by atoms with van der Waals surface area (Å²) in [6, 6.07) is 1.39. The van der Waals surface area contributed by atoms with E-state index in [0.29, 0.717) is 5.56 Å². The Labute approximate surface area is 97.7 Å². The molecule has 0 spiro atoms. The number of anilines is 1. The number of carbonyl (C=O) groups excluding carboxylic acids is 1. The van der Waals surface area contributed by atoms with Gasteiger partial charge in [-0.25, -0.2) is 9.78 Å². The van der Waals surface area contributed by atoms with Crippen LogP contribution in [0.3, 0.4) is 0 Å². The van der Waals surface area contributed by atoms with Gasteiger partial charge in [0.2, 0.25) is 0 Å². The van der Waals surface area contributed by atoms with Gasteiger partial charge in [-0.3, -0.25) is 4.79 Å². The number of nitrogens with zero attached hydrogens (tertiary/aromatic N) is 1. The van der Waals surface area contributed by atoms with Gasteiger partial charge in [0.25, 0.3) is 0 Å². The minimum Gasteiger partial charge on any atom is -0.478 e. The van der Waals surface area contributed by atoms with E-state index >= 15 is 0 Å². The summed E-state index contributed by atoms with van der Waals surface area (Å²) in [6.45, 7) is 0. The van der Waals surface area contributed by atoms with Crippen LogP contribution in [0, 0.1) is 0 Å². The summed E-state index contributed by atoms with van der Waals surface area (Å²) >= 11 is 0. The number of hydrogen-bond donors (Lipinski definition) is 2. The summed E-state index contributed by atoms with van der Waals surface area (Å²) in [6.07, 6.45) is 4.68. The lowest BCUT2D eigenvalue weighted by Gasteiger charge is -2.00. The third-order valence-corrected chi connectivity index (χ3v) is 1.99. The van der Waals surface area contributed by atoms with Gasteiger partial charge in [-0.15, -0.1) is 0 Å². The second-order valence-corrected chi connectivity index (χ2v) is 3.19. The van der Waals surface area contributed by atoms with Crippen molar-refractivity contribution < 1.29 is 19.4 Å². The molecule has 0 atom stereocenters. The number of ether oxygens (including phenoxy) is 1. The molecule has 0 aliphatic carbocycles. The van der Waals surface area contributed by atoms with E-state index in [1.165, 1.54) is 19.4 Å². The monoisotopic (exact) mass is 236 g/mol. The molecule has 0 saturated carbocycles. The summed E-state index contributed by atoms with van der Waals surface area (Å²) in [7, 11) is 1.30. The molecular weight excluding hydrogens is 224 g/mol. The predicted molar refractivity (Wildman–Crippen MR) is 61.3 cm³/mol. The molecule has 0 aromatic carbocycles. The van der Waals surface area contributed by atoms with Gasteiger partial charge in [0.15, 0.2) is 0 Å². The number of rotatable bonds is 4. The molecule has 6 heteroatoms. The zero-order chi connectivity index (χ0) is 12.8. The SMILES string of the molecule is COC(=O)CC=Cc1cnc(N)c(C(=O)O)c1. The molecular formula is C11H12N2O4. The summed E-state index contributed by atoms with van der Waals surface area (Å²) in [4.78, 5) is 25.4. The van der Waals surface area contributed by atoms with Crippen molar-refractivity contribution in [2.24, 2.45) is 0 Å². The Bertz CT molecular complexity index is 469. The van der Waals surface area contributed by atoms with Gasteiger partial charge < -0.3 is 15.6 Å². The third-order valence-electron chi connectivity index (χ3n) is 1.99. The number of carboxylic acids is 1. The van der Waals surface area contributed by atoms with E-state index in [-0.39, 0.29) is 23.8 Å². The molecule has 0 saturated heterocycles. The number of pyridine rings is 1. The number of carbonyl (C=O) groups is 2. The Morgan fingerprint density at radius 2 is 2.29 bits per heavy atom. The zero-order valence-electron chi connectivity index (χ0n) is 9.21. The molecule has 0 bridgehead atoms. The summed E-state index contributed by atoms with van der Waals surface area (Å²) < 4.78 is 4.45. The van der Waals surface area contributed by atoms with Crippen LogP contribution in [0.1, 0.15) is 22.3 Å². The Morgan fingerprint density at radius 3 is 2.88 bits per heavy atom. The smallest absolute Gasteiger partial charge is 0.339 e. The van der Waals surface area contributed by atoms with Gasteiger partial charge in [0.1, 0.15) is 11.4 Å². The standard InChI is InChI=1S/C11H12N2O4/c1-17-9(14)4-2-3-7-5-8(11(15)16)10(12)13-6-7/h2-3,5-6H,4H2,1H3,(H2,12,13)(H,15,16). The molecule has 17 heavy (non-hydrogen) atoms. The van der Waals surface area contributed by atoms with Crippen molar-refractivity contribution in [3.05, 3.63) is 29.5 Å². The molecule has 0 amide bonds. The molecule has 6 nitrogen and oxygen atoms in total. The van der Waals surface area contributed by atoms with Crippen molar-refractivity contribution >= 4 is 23.8 Å².